The molecule has 0 bridgehead atoms. The average molecular weight is 340 g/mol. The van der Waals surface area contributed by atoms with Crippen LogP contribution in [0.1, 0.15) is 57.8 Å². The summed E-state index contributed by atoms with van der Waals surface area (Å²) in [5.41, 5.74) is 16.0. The van der Waals surface area contributed by atoms with Gasteiger partial charge in [-0.15, -0.1) is 0 Å². The second-order valence-electron chi connectivity index (χ2n) is 7.03. The minimum absolute atomic E-state index is 0.174. The zero-order valence-corrected chi connectivity index (χ0v) is 14.5. The van der Waals surface area contributed by atoms with E-state index in [1.807, 2.05) is 0 Å². The normalized spacial score (nSPS) is 24.5. The molecule has 0 aromatic heterocycles. The van der Waals surface area contributed by atoms with E-state index >= 15 is 0 Å². The first-order valence-electron chi connectivity index (χ1n) is 8.94. The molecule has 1 rings (SSSR count). The number of rotatable bonds is 6. The Balaban J connectivity index is 2.68. The smallest absolute Gasteiger partial charge is 0.231 e. The van der Waals surface area contributed by atoms with Crippen LogP contribution in [0.2, 0.25) is 0 Å². The van der Waals surface area contributed by atoms with Crippen molar-refractivity contribution in [2.45, 2.75) is 57.8 Å². The molecule has 1 fully saturated rings. The monoisotopic (exact) mass is 340 g/mol. The van der Waals surface area contributed by atoms with Crippen LogP contribution < -0.4 is 17.2 Å². The molecule has 138 valence electrons. The summed E-state index contributed by atoms with van der Waals surface area (Å²) in [6.45, 7) is 1.82. The van der Waals surface area contributed by atoms with E-state index < -0.39 is 0 Å². The number of amides is 3. The number of carbonyl (C=O) groups is 3. The highest BCUT2D eigenvalue weighted by Gasteiger charge is 2.20. The topological polar surface area (TPSA) is 133 Å². The van der Waals surface area contributed by atoms with E-state index in [9.17, 15) is 14.4 Å². The lowest BCUT2D eigenvalue weighted by Crippen LogP contribution is -2.36. The van der Waals surface area contributed by atoms with Crippen LogP contribution in [0.15, 0.2) is 0 Å². The van der Waals surface area contributed by atoms with Crippen molar-refractivity contribution >= 4 is 17.7 Å². The van der Waals surface area contributed by atoms with Gasteiger partial charge in [-0.1, -0.05) is 12.8 Å². The minimum Gasteiger partial charge on any atom is -0.370 e. The van der Waals surface area contributed by atoms with E-state index in [1.54, 1.807) is 0 Å². The number of hydrogen-bond acceptors (Lipinski definition) is 4. The third-order valence-electron chi connectivity index (χ3n) is 4.78. The highest BCUT2D eigenvalue weighted by Crippen LogP contribution is 2.26. The molecule has 7 nitrogen and oxygen atoms in total. The van der Waals surface area contributed by atoms with E-state index in [0.29, 0.717) is 18.8 Å². The zero-order chi connectivity index (χ0) is 17.9. The maximum Gasteiger partial charge on any atom is 0.231 e. The van der Waals surface area contributed by atoms with Crippen molar-refractivity contribution in [1.82, 2.24) is 4.90 Å². The molecule has 0 aliphatic carbocycles. The van der Waals surface area contributed by atoms with Crippen molar-refractivity contribution in [3.05, 3.63) is 0 Å². The van der Waals surface area contributed by atoms with Gasteiger partial charge in [-0.3, -0.25) is 19.3 Å². The molecule has 0 aromatic carbocycles. The number of carbonyl (C=O) groups excluding carboxylic acids is 3. The lowest BCUT2D eigenvalue weighted by molar-refractivity contribution is -0.120. The number of hydrogen-bond donors (Lipinski definition) is 3. The zero-order valence-electron chi connectivity index (χ0n) is 14.5. The van der Waals surface area contributed by atoms with E-state index in [-0.39, 0.29) is 30.2 Å². The molecule has 0 spiro atoms. The lowest BCUT2D eigenvalue weighted by Gasteiger charge is -2.26. The van der Waals surface area contributed by atoms with Crippen LogP contribution in [-0.2, 0) is 14.4 Å². The summed E-state index contributed by atoms with van der Waals surface area (Å²) in [5, 5.41) is 0. The van der Waals surface area contributed by atoms with Crippen molar-refractivity contribution in [2.24, 2.45) is 29.0 Å². The Morgan fingerprint density at radius 2 is 1.29 bits per heavy atom. The summed E-state index contributed by atoms with van der Waals surface area (Å²) in [4.78, 5) is 35.8. The van der Waals surface area contributed by atoms with E-state index in [2.05, 4.69) is 4.90 Å². The van der Waals surface area contributed by atoms with E-state index in [4.69, 9.17) is 17.2 Å². The van der Waals surface area contributed by atoms with Gasteiger partial charge in [0.2, 0.25) is 17.7 Å². The van der Waals surface area contributed by atoms with Gasteiger partial charge in [-0.05, 0) is 57.0 Å². The van der Waals surface area contributed by atoms with Gasteiger partial charge in [-0.25, -0.2) is 0 Å². The van der Waals surface area contributed by atoms with E-state index in [1.165, 1.54) is 0 Å². The van der Waals surface area contributed by atoms with Gasteiger partial charge >= 0.3 is 0 Å². The minimum atomic E-state index is -0.324. The summed E-state index contributed by atoms with van der Waals surface area (Å²) in [6.07, 6.45) is 7.38. The quantitative estimate of drug-likeness (QED) is 0.649. The van der Waals surface area contributed by atoms with E-state index in [0.717, 1.165) is 58.0 Å². The van der Waals surface area contributed by atoms with Gasteiger partial charge in [0, 0.05) is 12.8 Å². The second kappa shape index (κ2) is 11.0. The fraction of sp³-hybridized carbons (Fsp3) is 0.824. The SMILES string of the molecule is NC(=O)CC1CCCCCN(CC(N)=O)CCC(CC(N)=O)CC1. The van der Waals surface area contributed by atoms with Crippen LogP contribution in [0.3, 0.4) is 0 Å². The third-order valence-corrected chi connectivity index (χ3v) is 4.78. The Morgan fingerprint density at radius 1 is 0.708 bits per heavy atom. The van der Waals surface area contributed by atoms with Gasteiger partial charge < -0.3 is 17.2 Å². The predicted molar refractivity (Wildman–Crippen MR) is 92.6 cm³/mol. The molecule has 0 saturated carbocycles. The second-order valence-corrected chi connectivity index (χ2v) is 7.03. The highest BCUT2D eigenvalue weighted by molar-refractivity contribution is 5.76. The van der Waals surface area contributed by atoms with Crippen molar-refractivity contribution in [1.29, 1.82) is 0 Å². The molecular formula is C17H32N4O3. The maximum absolute atomic E-state index is 11.3. The molecule has 1 aliphatic heterocycles. The molecule has 1 heterocycles. The van der Waals surface area contributed by atoms with Gasteiger partial charge in [-0.2, -0.15) is 0 Å². The average Bonchev–Trinajstić information content (AvgIpc) is 2.45. The maximum atomic E-state index is 11.3. The molecule has 6 N–H and O–H groups in total. The fourth-order valence-electron chi connectivity index (χ4n) is 3.54. The Labute approximate surface area is 144 Å². The third kappa shape index (κ3) is 9.50. The van der Waals surface area contributed by atoms with Crippen LogP contribution in [-0.4, -0.2) is 42.3 Å². The number of nitrogens with zero attached hydrogens (tertiary/aromatic N) is 1. The lowest BCUT2D eigenvalue weighted by atomic mass is 9.86. The van der Waals surface area contributed by atoms with Crippen LogP contribution in [0.25, 0.3) is 0 Å². The van der Waals surface area contributed by atoms with Crippen molar-refractivity contribution in [3.63, 3.8) is 0 Å². The molecule has 0 aromatic rings. The molecule has 3 amide bonds. The summed E-state index contributed by atoms with van der Waals surface area (Å²) in [6, 6.07) is 0. The largest absolute Gasteiger partial charge is 0.370 e. The molecule has 1 saturated heterocycles. The Hall–Kier alpha value is -1.63. The first-order valence-corrected chi connectivity index (χ1v) is 8.94. The molecular weight excluding hydrogens is 308 g/mol. The van der Waals surface area contributed by atoms with Crippen molar-refractivity contribution in [3.8, 4) is 0 Å². The first-order chi connectivity index (χ1) is 11.4. The molecule has 2 unspecified atom stereocenters. The van der Waals surface area contributed by atoms with Crippen LogP contribution >= 0.6 is 0 Å². The Morgan fingerprint density at radius 3 is 1.83 bits per heavy atom. The van der Waals surface area contributed by atoms with Crippen molar-refractivity contribution in [2.75, 3.05) is 19.6 Å². The van der Waals surface area contributed by atoms with Crippen LogP contribution in [0.4, 0.5) is 0 Å². The number of nitrogens with two attached hydrogens (primary N) is 3. The fourth-order valence-corrected chi connectivity index (χ4v) is 3.54. The standard InChI is InChI=1S/C17H32N4O3/c18-15(22)10-13-4-2-1-3-8-21(12-17(20)24)9-7-14(6-5-13)11-16(19)23/h13-14H,1-12H2,(H2,18,22)(H2,19,23)(H2,20,24). The first kappa shape index (κ1) is 20.4. The highest BCUT2D eigenvalue weighted by atomic mass is 16.2. The van der Waals surface area contributed by atoms with Crippen molar-refractivity contribution < 1.29 is 14.4 Å². The summed E-state index contributed by atoms with van der Waals surface area (Å²) >= 11 is 0. The van der Waals surface area contributed by atoms with Gasteiger partial charge in [0.15, 0.2) is 0 Å². The van der Waals surface area contributed by atoms with Crippen LogP contribution in [0, 0.1) is 11.8 Å². The van der Waals surface area contributed by atoms with Gasteiger partial charge in [0.05, 0.1) is 6.54 Å². The van der Waals surface area contributed by atoms with Gasteiger partial charge in [0.25, 0.3) is 0 Å². The summed E-state index contributed by atoms with van der Waals surface area (Å²) < 4.78 is 0. The number of primary amides is 3. The van der Waals surface area contributed by atoms with Crippen LogP contribution in [0.5, 0.6) is 0 Å². The molecule has 2 atom stereocenters. The Bertz CT molecular complexity index is 398. The van der Waals surface area contributed by atoms with Gasteiger partial charge in [0.1, 0.15) is 0 Å². The molecule has 24 heavy (non-hydrogen) atoms. The molecule has 7 heteroatoms. The summed E-state index contributed by atoms with van der Waals surface area (Å²) in [7, 11) is 0. The summed E-state index contributed by atoms with van der Waals surface area (Å²) in [5.74, 6) is -0.423. The Kier molecular flexibility index (Phi) is 9.37. The predicted octanol–water partition coefficient (Wildman–Crippen LogP) is 0.501. The molecule has 1 aliphatic rings. The molecule has 0 radical (unpaired) electrons.